The molecule has 0 spiro atoms. The highest BCUT2D eigenvalue weighted by Crippen LogP contribution is 2.36. The van der Waals surface area contributed by atoms with Crippen LogP contribution in [0.25, 0.3) is 17.1 Å². The number of hydrogen-bond donors (Lipinski definition) is 1. The number of fused-ring (bicyclic) bond motifs is 1. The first-order chi connectivity index (χ1) is 13.8. The first-order valence-corrected chi connectivity index (χ1v) is 10.2. The Labute approximate surface area is 168 Å². The maximum atomic E-state index is 5.86. The SMILES string of the molecule is S=c1n(C[NH+]2CCCCC2)nc(-c2ccc3c(c2)OCO3)n1-c1ccccc1. The lowest BCUT2D eigenvalue weighted by molar-refractivity contribution is -0.928. The Morgan fingerprint density at radius 1 is 0.964 bits per heavy atom. The summed E-state index contributed by atoms with van der Waals surface area (Å²) in [5, 5.41) is 4.93. The monoisotopic (exact) mass is 395 g/mol. The molecule has 0 unspecified atom stereocenters. The highest BCUT2D eigenvalue weighted by atomic mass is 32.1. The molecular formula is C21H23N4O2S+. The first-order valence-electron chi connectivity index (χ1n) is 9.78. The van der Waals surface area contributed by atoms with E-state index in [0.717, 1.165) is 40.0 Å². The van der Waals surface area contributed by atoms with Crippen LogP contribution in [0.1, 0.15) is 19.3 Å². The van der Waals surface area contributed by atoms with Gasteiger partial charge in [-0.15, -0.1) is 5.10 Å². The summed E-state index contributed by atoms with van der Waals surface area (Å²) < 4.78 is 15.8. The topological polar surface area (TPSA) is 45.6 Å². The van der Waals surface area contributed by atoms with Crippen LogP contribution in [0.3, 0.4) is 0 Å². The summed E-state index contributed by atoms with van der Waals surface area (Å²) in [4.78, 5) is 1.54. The summed E-state index contributed by atoms with van der Waals surface area (Å²) in [6.45, 7) is 3.42. The molecule has 1 N–H and O–H groups in total. The number of likely N-dealkylation sites (tertiary alicyclic amines) is 1. The van der Waals surface area contributed by atoms with Gasteiger partial charge in [-0.1, -0.05) is 18.2 Å². The Balaban J connectivity index is 1.60. The maximum absolute atomic E-state index is 5.86. The van der Waals surface area contributed by atoms with E-state index in [1.165, 1.54) is 37.3 Å². The predicted molar refractivity (Wildman–Crippen MR) is 108 cm³/mol. The van der Waals surface area contributed by atoms with E-state index >= 15 is 0 Å². The van der Waals surface area contributed by atoms with Crippen molar-refractivity contribution in [3.8, 4) is 28.6 Å². The number of quaternary nitrogens is 1. The molecule has 144 valence electrons. The molecule has 0 radical (unpaired) electrons. The van der Waals surface area contributed by atoms with Gasteiger partial charge in [-0.2, -0.15) is 4.68 Å². The van der Waals surface area contributed by atoms with E-state index in [4.69, 9.17) is 26.8 Å². The molecule has 1 fully saturated rings. The zero-order valence-corrected chi connectivity index (χ0v) is 16.5. The molecule has 2 aliphatic rings. The second-order valence-electron chi connectivity index (χ2n) is 7.31. The summed E-state index contributed by atoms with van der Waals surface area (Å²) in [5.41, 5.74) is 1.98. The van der Waals surface area contributed by atoms with Crippen LogP contribution in [-0.2, 0) is 6.67 Å². The van der Waals surface area contributed by atoms with Crippen molar-refractivity contribution in [3.05, 3.63) is 53.3 Å². The van der Waals surface area contributed by atoms with E-state index in [0.29, 0.717) is 0 Å². The minimum Gasteiger partial charge on any atom is -0.454 e. The molecule has 0 atom stereocenters. The van der Waals surface area contributed by atoms with Gasteiger partial charge < -0.3 is 14.4 Å². The van der Waals surface area contributed by atoms with Gasteiger partial charge in [0.1, 0.15) is 0 Å². The lowest BCUT2D eigenvalue weighted by Crippen LogP contribution is -3.12. The van der Waals surface area contributed by atoms with Crippen LogP contribution in [0.5, 0.6) is 11.5 Å². The molecule has 1 aromatic heterocycles. The van der Waals surface area contributed by atoms with E-state index in [9.17, 15) is 0 Å². The number of nitrogens with one attached hydrogen (secondary N) is 1. The van der Waals surface area contributed by atoms with Crippen molar-refractivity contribution in [1.29, 1.82) is 0 Å². The Hall–Kier alpha value is -2.64. The van der Waals surface area contributed by atoms with E-state index in [2.05, 4.69) is 16.7 Å². The Kier molecular flexibility index (Phi) is 4.62. The standard InChI is InChI=1S/C21H22N4O2S/c28-21-24(14-23-11-5-2-6-12-23)22-20(25(21)17-7-3-1-4-8-17)16-9-10-18-19(13-16)27-15-26-18/h1,3-4,7-10,13H,2,5-6,11-12,14-15H2/p+1. The molecule has 3 heterocycles. The number of piperidine rings is 1. The third kappa shape index (κ3) is 3.21. The molecule has 5 rings (SSSR count). The molecule has 7 heteroatoms. The average Bonchev–Trinajstić information content (AvgIpc) is 3.33. The molecular weight excluding hydrogens is 372 g/mol. The van der Waals surface area contributed by atoms with Crippen molar-refractivity contribution in [2.45, 2.75) is 25.9 Å². The number of ether oxygens (including phenoxy) is 2. The normalized spacial score (nSPS) is 16.4. The van der Waals surface area contributed by atoms with Crippen molar-refractivity contribution in [2.75, 3.05) is 19.9 Å². The van der Waals surface area contributed by atoms with Crippen molar-refractivity contribution in [2.24, 2.45) is 0 Å². The Bertz CT molecular complexity index is 1040. The van der Waals surface area contributed by atoms with Crippen LogP contribution in [0.4, 0.5) is 0 Å². The number of benzene rings is 2. The van der Waals surface area contributed by atoms with Gasteiger partial charge in [0.15, 0.2) is 24.0 Å². The third-order valence-electron chi connectivity index (χ3n) is 5.42. The zero-order valence-electron chi connectivity index (χ0n) is 15.6. The van der Waals surface area contributed by atoms with E-state index in [-0.39, 0.29) is 6.79 Å². The summed E-state index contributed by atoms with van der Waals surface area (Å²) in [6, 6.07) is 16.1. The summed E-state index contributed by atoms with van der Waals surface area (Å²) in [5.74, 6) is 2.34. The molecule has 0 bridgehead atoms. The molecule has 0 aliphatic carbocycles. The van der Waals surface area contributed by atoms with Crippen LogP contribution in [0.2, 0.25) is 0 Å². The summed E-state index contributed by atoms with van der Waals surface area (Å²) in [7, 11) is 0. The highest BCUT2D eigenvalue weighted by molar-refractivity contribution is 7.71. The Morgan fingerprint density at radius 2 is 1.75 bits per heavy atom. The van der Waals surface area contributed by atoms with Crippen molar-refractivity contribution < 1.29 is 14.4 Å². The predicted octanol–water partition coefficient (Wildman–Crippen LogP) is 2.83. The smallest absolute Gasteiger partial charge is 0.231 e. The van der Waals surface area contributed by atoms with Gasteiger partial charge in [0.05, 0.1) is 13.1 Å². The fourth-order valence-electron chi connectivity index (χ4n) is 3.96. The number of para-hydroxylation sites is 1. The van der Waals surface area contributed by atoms with Gasteiger partial charge in [0, 0.05) is 11.3 Å². The second kappa shape index (κ2) is 7.41. The van der Waals surface area contributed by atoms with Crippen LogP contribution in [0, 0.1) is 4.77 Å². The minimum absolute atomic E-state index is 0.260. The minimum atomic E-state index is 0.260. The first kappa shape index (κ1) is 17.5. The molecule has 28 heavy (non-hydrogen) atoms. The van der Waals surface area contributed by atoms with Gasteiger partial charge in [-0.05, 0) is 61.8 Å². The van der Waals surface area contributed by atoms with E-state index in [1.807, 2.05) is 41.1 Å². The van der Waals surface area contributed by atoms with Crippen LogP contribution >= 0.6 is 12.2 Å². The average molecular weight is 396 g/mol. The molecule has 2 aliphatic heterocycles. The summed E-state index contributed by atoms with van der Waals surface area (Å²) >= 11 is 5.86. The van der Waals surface area contributed by atoms with Crippen LogP contribution in [0.15, 0.2) is 48.5 Å². The molecule has 2 aromatic carbocycles. The molecule has 1 saturated heterocycles. The number of aromatic nitrogens is 3. The van der Waals surface area contributed by atoms with Gasteiger partial charge in [-0.25, -0.2) is 0 Å². The summed E-state index contributed by atoms with van der Waals surface area (Å²) in [6.07, 6.45) is 3.88. The van der Waals surface area contributed by atoms with Crippen molar-refractivity contribution in [1.82, 2.24) is 14.3 Å². The quantitative estimate of drug-likeness (QED) is 0.690. The van der Waals surface area contributed by atoms with Crippen LogP contribution < -0.4 is 14.4 Å². The number of rotatable bonds is 4. The second-order valence-corrected chi connectivity index (χ2v) is 7.68. The number of nitrogens with zero attached hydrogens (tertiary/aromatic N) is 3. The third-order valence-corrected chi connectivity index (χ3v) is 5.81. The van der Waals surface area contributed by atoms with Gasteiger partial charge in [-0.3, -0.25) is 4.57 Å². The highest BCUT2D eigenvalue weighted by Gasteiger charge is 2.21. The molecule has 6 nitrogen and oxygen atoms in total. The maximum Gasteiger partial charge on any atom is 0.231 e. The fraction of sp³-hybridized carbons (Fsp3) is 0.333. The largest absolute Gasteiger partial charge is 0.454 e. The van der Waals surface area contributed by atoms with E-state index in [1.54, 1.807) is 0 Å². The van der Waals surface area contributed by atoms with E-state index < -0.39 is 0 Å². The van der Waals surface area contributed by atoms with Crippen molar-refractivity contribution in [3.63, 3.8) is 0 Å². The molecule has 0 amide bonds. The van der Waals surface area contributed by atoms with Crippen LogP contribution in [-0.4, -0.2) is 34.2 Å². The lowest BCUT2D eigenvalue weighted by Gasteiger charge is -2.22. The fourth-order valence-corrected chi connectivity index (χ4v) is 4.26. The van der Waals surface area contributed by atoms with Gasteiger partial charge >= 0.3 is 0 Å². The lowest BCUT2D eigenvalue weighted by atomic mass is 10.1. The zero-order chi connectivity index (χ0) is 18.9. The molecule has 3 aromatic rings. The van der Waals surface area contributed by atoms with Gasteiger partial charge in [0.2, 0.25) is 11.6 Å². The van der Waals surface area contributed by atoms with Crippen molar-refractivity contribution >= 4 is 12.2 Å². The Morgan fingerprint density at radius 3 is 2.57 bits per heavy atom. The number of hydrogen-bond acceptors (Lipinski definition) is 4. The molecule has 0 saturated carbocycles. The van der Waals surface area contributed by atoms with Gasteiger partial charge in [0.25, 0.3) is 0 Å².